The van der Waals surface area contributed by atoms with Crippen LogP contribution in [0.1, 0.15) is 54.4 Å². The van der Waals surface area contributed by atoms with Gasteiger partial charge in [0, 0.05) is 24.5 Å². The first kappa shape index (κ1) is 23.6. The van der Waals surface area contributed by atoms with Gasteiger partial charge in [-0.25, -0.2) is 4.79 Å². The first-order chi connectivity index (χ1) is 13.0. The summed E-state index contributed by atoms with van der Waals surface area (Å²) in [7, 11) is 0. The average Bonchev–Trinajstić information content (AvgIpc) is 2.63. The third-order valence-electron chi connectivity index (χ3n) is 4.71. The number of hydrogen-bond acceptors (Lipinski definition) is 6. The van der Waals surface area contributed by atoms with Gasteiger partial charge in [-0.15, -0.1) is 0 Å². The summed E-state index contributed by atoms with van der Waals surface area (Å²) in [5.74, 6) is -2.55. The zero-order valence-electron chi connectivity index (χ0n) is 17.5. The Hall–Kier alpha value is -2.47. The fourth-order valence-corrected chi connectivity index (χ4v) is 2.79. The van der Waals surface area contributed by atoms with Crippen molar-refractivity contribution >= 4 is 17.7 Å². The smallest absolute Gasteiger partial charge is 0.333 e. The fourth-order valence-electron chi connectivity index (χ4n) is 2.79. The number of carbonyl (C=O) groups excluding carboxylic acids is 3. The number of allylic oxidation sites excluding steroid dienone is 3. The van der Waals surface area contributed by atoms with Crippen LogP contribution >= 0.6 is 0 Å². The molecular formula is C22H30O6. The zero-order chi connectivity index (χ0) is 21.6. The number of aliphatic hydroxyl groups is 1. The lowest BCUT2D eigenvalue weighted by atomic mass is 9.79. The maximum absolute atomic E-state index is 12.9. The largest absolute Gasteiger partial charge is 0.454 e. The van der Waals surface area contributed by atoms with Gasteiger partial charge in [-0.05, 0) is 46.6 Å². The van der Waals surface area contributed by atoms with E-state index in [2.05, 4.69) is 6.58 Å². The van der Waals surface area contributed by atoms with Gasteiger partial charge in [0.2, 0.25) is 5.78 Å². The summed E-state index contributed by atoms with van der Waals surface area (Å²) >= 11 is 0. The van der Waals surface area contributed by atoms with Gasteiger partial charge in [0.15, 0.2) is 5.76 Å². The van der Waals surface area contributed by atoms with Crippen LogP contribution in [-0.4, -0.2) is 35.0 Å². The number of esters is 2. The Balaban J connectivity index is 3.19. The summed E-state index contributed by atoms with van der Waals surface area (Å²) in [6.45, 7) is 13.9. The van der Waals surface area contributed by atoms with Crippen molar-refractivity contribution in [3.8, 4) is 0 Å². The Morgan fingerprint density at radius 3 is 2.39 bits per heavy atom. The van der Waals surface area contributed by atoms with Gasteiger partial charge < -0.3 is 14.6 Å². The number of Topliss-reactive ketones (excluding diaryl/α,β-unsaturated/α-hetero) is 1. The molecule has 0 aliphatic heterocycles. The van der Waals surface area contributed by atoms with Crippen LogP contribution in [-0.2, 0) is 23.9 Å². The third-order valence-corrected chi connectivity index (χ3v) is 4.71. The highest BCUT2D eigenvalue weighted by atomic mass is 16.5. The van der Waals surface area contributed by atoms with E-state index in [1.807, 2.05) is 19.9 Å². The monoisotopic (exact) mass is 390 g/mol. The Morgan fingerprint density at radius 2 is 1.89 bits per heavy atom. The SMILES string of the molecule is C=C(C(CC=C(C)C)OC(=O)/C(C)=C\C)[C@H]1C[C@@H](O)C(C)=C(OC(C)=O)C1=O. The van der Waals surface area contributed by atoms with Crippen LogP contribution in [0.25, 0.3) is 0 Å². The van der Waals surface area contributed by atoms with E-state index in [9.17, 15) is 19.5 Å². The van der Waals surface area contributed by atoms with Crippen molar-refractivity contribution in [3.63, 3.8) is 0 Å². The van der Waals surface area contributed by atoms with Crippen molar-refractivity contribution in [3.05, 3.63) is 46.8 Å². The molecule has 0 saturated heterocycles. The number of ether oxygens (including phenoxy) is 2. The fraction of sp³-hybridized carbons (Fsp3) is 0.500. The number of aliphatic hydroxyl groups excluding tert-OH is 1. The topological polar surface area (TPSA) is 89.9 Å². The van der Waals surface area contributed by atoms with Gasteiger partial charge >= 0.3 is 11.9 Å². The predicted molar refractivity (Wildman–Crippen MR) is 106 cm³/mol. The Bertz CT molecular complexity index is 749. The molecule has 1 aliphatic carbocycles. The minimum atomic E-state index is -0.953. The molecule has 1 N–H and O–H groups in total. The zero-order valence-corrected chi connectivity index (χ0v) is 17.5. The lowest BCUT2D eigenvalue weighted by Crippen LogP contribution is -2.36. The summed E-state index contributed by atoms with van der Waals surface area (Å²) in [6.07, 6.45) is 2.30. The molecule has 3 atom stereocenters. The van der Waals surface area contributed by atoms with Gasteiger partial charge in [-0.1, -0.05) is 24.3 Å². The molecule has 28 heavy (non-hydrogen) atoms. The molecule has 0 spiro atoms. The van der Waals surface area contributed by atoms with E-state index >= 15 is 0 Å². The molecule has 6 nitrogen and oxygen atoms in total. The maximum atomic E-state index is 12.9. The van der Waals surface area contributed by atoms with Crippen molar-refractivity contribution in [2.75, 3.05) is 0 Å². The normalized spacial score (nSPS) is 21.1. The van der Waals surface area contributed by atoms with Gasteiger partial charge in [-0.2, -0.15) is 0 Å². The highest BCUT2D eigenvalue weighted by molar-refractivity contribution is 6.00. The van der Waals surface area contributed by atoms with Crippen LogP contribution in [0.2, 0.25) is 0 Å². The maximum Gasteiger partial charge on any atom is 0.333 e. The summed E-state index contributed by atoms with van der Waals surface area (Å²) in [5.41, 5.74) is 2.16. The van der Waals surface area contributed by atoms with Crippen molar-refractivity contribution in [1.29, 1.82) is 0 Å². The molecule has 154 valence electrons. The summed E-state index contributed by atoms with van der Waals surface area (Å²) in [6, 6.07) is 0. The van der Waals surface area contributed by atoms with Crippen LogP contribution in [0.4, 0.5) is 0 Å². The molecule has 0 saturated carbocycles. The first-order valence-corrected chi connectivity index (χ1v) is 9.26. The van der Waals surface area contributed by atoms with Crippen molar-refractivity contribution in [2.24, 2.45) is 5.92 Å². The average molecular weight is 390 g/mol. The van der Waals surface area contributed by atoms with Gasteiger partial charge in [-0.3, -0.25) is 9.59 Å². The molecule has 0 aromatic rings. The van der Waals surface area contributed by atoms with Crippen molar-refractivity contribution in [2.45, 2.75) is 66.6 Å². The van der Waals surface area contributed by atoms with E-state index in [0.29, 0.717) is 23.1 Å². The highest BCUT2D eigenvalue weighted by Crippen LogP contribution is 2.34. The standard InChI is InChI=1S/C22H30O6/c1-8-13(4)22(26)28-19(10-9-12(2)3)14(5)17-11-18(24)15(6)21(20(17)25)27-16(7)23/h8-9,17-19,24H,5,10-11H2,1-4,6-7H3/b13-8-/t17-,18-,19?/m1/s1. The molecule has 1 unspecified atom stereocenters. The minimum absolute atomic E-state index is 0.0970. The lowest BCUT2D eigenvalue weighted by molar-refractivity contribution is -0.144. The van der Waals surface area contributed by atoms with Crippen LogP contribution in [0.5, 0.6) is 0 Å². The second-order valence-corrected chi connectivity index (χ2v) is 7.23. The molecule has 0 heterocycles. The molecular weight excluding hydrogens is 360 g/mol. The molecule has 6 heteroatoms. The third kappa shape index (κ3) is 6.02. The second kappa shape index (κ2) is 10.2. The number of rotatable bonds is 7. The molecule has 1 rings (SSSR count). The van der Waals surface area contributed by atoms with E-state index in [1.54, 1.807) is 26.8 Å². The van der Waals surface area contributed by atoms with E-state index in [1.165, 1.54) is 6.92 Å². The lowest BCUT2D eigenvalue weighted by Gasteiger charge is -2.31. The molecule has 0 radical (unpaired) electrons. The van der Waals surface area contributed by atoms with Crippen molar-refractivity contribution in [1.82, 2.24) is 0 Å². The first-order valence-electron chi connectivity index (χ1n) is 9.26. The van der Waals surface area contributed by atoms with Crippen LogP contribution in [0.15, 0.2) is 46.8 Å². The quantitative estimate of drug-likeness (QED) is 0.406. The minimum Gasteiger partial charge on any atom is -0.454 e. The van der Waals surface area contributed by atoms with E-state index in [4.69, 9.17) is 9.47 Å². The molecule has 0 bridgehead atoms. The summed E-state index contributed by atoms with van der Waals surface area (Å²) in [5, 5.41) is 10.3. The van der Waals surface area contributed by atoms with Gasteiger partial charge in [0.1, 0.15) is 6.10 Å². The predicted octanol–water partition coefficient (Wildman–Crippen LogP) is 3.56. The molecule has 0 aromatic heterocycles. The van der Waals surface area contributed by atoms with Gasteiger partial charge in [0.25, 0.3) is 0 Å². The van der Waals surface area contributed by atoms with Crippen LogP contribution in [0, 0.1) is 5.92 Å². The molecule has 1 aliphatic rings. The molecule has 0 amide bonds. The van der Waals surface area contributed by atoms with E-state index in [0.717, 1.165) is 5.57 Å². The number of carbonyl (C=O) groups is 3. The van der Waals surface area contributed by atoms with E-state index < -0.39 is 35.8 Å². The van der Waals surface area contributed by atoms with Crippen LogP contribution < -0.4 is 0 Å². The molecule has 0 aromatic carbocycles. The summed E-state index contributed by atoms with van der Waals surface area (Å²) in [4.78, 5) is 36.5. The highest BCUT2D eigenvalue weighted by Gasteiger charge is 2.39. The second-order valence-electron chi connectivity index (χ2n) is 7.23. The Labute approximate surface area is 166 Å². The Morgan fingerprint density at radius 1 is 1.29 bits per heavy atom. The summed E-state index contributed by atoms with van der Waals surface area (Å²) < 4.78 is 10.6. The number of hydrogen-bond donors (Lipinski definition) is 1. The van der Waals surface area contributed by atoms with Gasteiger partial charge in [0.05, 0.1) is 12.0 Å². The van der Waals surface area contributed by atoms with Crippen molar-refractivity contribution < 1.29 is 29.0 Å². The number of ketones is 1. The molecule has 0 fully saturated rings. The Kier molecular flexibility index (Phi) is 8.57. The van der Waals surface area contributed by atoms with Crippen LogP contribution in [0.3, 0.4) is 0 Å². The van der Waals surface area contributed by atoms with E-state index in [-0.39, 0.29) is 12.2 Å².